The first-order chi connectivity index (χ1) is 21.8. The quantitative estimate of drug-likeness (QED) is 0.0410. The molecule has 0 saturated heterocycles. The van der Waals surface area contributed by atoms with Crippen LogP contribution in [-0.2, 0) is 10.9 Å². The fraction of sp³-hybridized carbons (Fsp3) is 0. The Morgan fingerprint density at radius 2 is 1.00 bits per heavy atom. The molecule has 7 nitrogen and oxygen atoms in total. The van der Waals surface area contributed by atoms with Crippen LogP contribution in [0.25, 0.3) is 20.2 Å². The van der Waals surface area contributed by atoms with Gasteiger partial charge in [-0.05, 0) is 30.3 Å². The van der Waals surface area contributed by atoms with Gasteiger partial charge in [-0.25, -0.2) is 0 Å². The molecule has 0 unspecified atom stereocenters. The zero-order valence-electron chi connectivity index (χ0n) is 23.4. The van der Waals surface area contributed by atoms with E-state index in [2.05, 4.69) is 6.07 Å². The molecule has 0 amide bonds. The third kappa shape index (κ3) is 8.70. The van der Waals surface area contributed by atoms with E-state index < -0.39 is 28.6 Å². The summed E-state index contributed by atoms with van der Waals surface area (Å²) in [6.07, 6.45) is 0. The first-order valence-electron chi connectivity index (χ1n) is 13.2. The van der Waals surface area contributed by atoms with Gasteiger partial charge < -0.3 is 0 Å². The number of rotatable bonds is 7. The van der Waals surface area contributed by atoms with E-state index in [0.29, 0.717) is 11.1 Å². The predicted molar refractivity (Wildman–Crippen MR) is 171 cm³/mol. The van der Waals surface area contributed by atoms with Crippen LogP contribution in [0.15, 0.2) is 130 Å². The van der Waals surface area contributed by atoms with Crippen LogP contribution in [0.2, 0.25) is 0 Å². The second-order valence-electron chi connectivity index (χ2n) is 9.93. The molecule has 47 heavy (non-hydrogen) atoms. The van der Waals surface area contributed by atoms with E-state index in [1.54, 1.807) is 47.7 Å². The van der Waals surface area contributed by atoms with Crippen LogP contribution in [0.4, 0.5) is 36.6 Å². The molecule has 0 bridgehead atoms. The number of benzene rings is 5. The number of ketones is 1. The van der Waals surface area contributed by atoms with E-state index in [9.17, 15) is 50.2 Å². The molecule has 242 valence electrons. The molecule has 0 atom stereocenters. The maximum absolute atomic E-state index is 13.2. The van der Waals surface area contributed by atoms with Crippen molar-refractivity contribution in [1.82, 2.24) is 0 Å². The summed E-state index contributed by atoms with van der Waals surface area (Å²) in [4.78, 5) is 37.4. The molecule has 1 aromatic heterocycles. The van der Waals surface area contributed by atoms with Gasteiger partial charge in [0.25, 0.3) is 11.4 Å². The van der Waals surface area contributed by atoms with Gasteiger partial charge in [0.1, 0.15) is 0 Å². The number of hydrogen-bond acceptors (Lipinski definition) is 6. The third-order valence-electron chi connectivity index (χ3n) is 6.54. The van der Waals surface area contributed by atoms with Crippen molar-refractivity contribution in [3.05, 3.63) is 147 Å². The van der Waals surface area contributed by atoms with Gasteiger partial charge in [-0.3, -0.25) is 25.0 Å². The van der Waals surface area contributed by atoms with Gasteiger partial charge in [0, 0.05) is 85.9 Å². The maximum Gasteiger partial charge on any atom is 0.269 e. The Morgan fingerprint density at radius 3 is 1.47 bits per heavy atom. The van der Waals surface area contributed by atoms with E-state index in [1.165, 1.54) is 24.3 Å². The largest absolute Gasteiger partial charge is 0.289 e. The number of nitrogens with zero attached hydrogens (tertiary/aromatic N) is 2. The second-order valence-corrected chi connectivity index (χ2v) is 15.0. The van der Waals surface area contributed by atoms with Gasteiger partial charge in [0.15, 0.2) is 20.5 Å². The van der Waals surface area contributed by atoms with Crippen LogP contribution in [0.3, 0.4) is 0 Å². The molecule has 0 saturated carbocycles. The monoisotopic (exact) mass is 708 g/mol. The van der Waals surface area contributed by atoms with Crippen molar-refractivity contribution in [2.24, 2.45) is 0 Å². The van der Waals surface area contributed by atoms with Gasteiger partial charge in [-0.2, -0.15) is 0 Å². The van der Waals surface area contributed by atoms with Crippen molar-refractivity contribution in [3.8, 4) is 0 Å². The second kappa shape index (κ2) is 11.7. The summed E-state index contributed by atoms with van der Waals surface area (Å²) in [5.74, 6) is -0.0467. The summed E-state index contributed by atoms with van der Waals surface area (Å²) in [6, 6.07) is 33.9. The minimum Gasteiger partial charge on any atom is -0.289 e. The molecule has 6 aromatic rings. The Hall–Kier alpha value is -4.85. The molecular formula is C31H19F6N2O5PS2. The maximum atomic E-state index is 13.2. The van der Waals surface area contributed by atoms with Gasteiger partial charge in [0.05, 0.1) is 20.7 Å². The molecule has 1 heterocycles. The molecule has 5 aromatic carbocycles. The SMILES string of the molecule is F[P-](F)(F)(F)(F)F.O=C(c1ccccc1)c1ccc2sc3ccc([S+](c4ccc([N+](=O)[O-])cc4)c4ccc([N+](=O)[O-])cc4)cc3c2c1. The fourth-order valence-electron chi connectivity index (χ4n) is 4.60. The minimum absolute atomic E-state index is 0.00843. The van der Waals surface area contributed by atoms with E-state index in [-0.39, 0.29) is 17.2 Å². The molecule has 6 rings (SSSR count). The van der Waals surface area contributed by atoms with E-state index in [0.717, 1.165) is 34.9 Å². The van der Waals surface area contributed by atoms with Crippen LogP contribution in [0.5, 0.6) is 0 Å². The summed E-state index contributed by atoms with van der Waals surface area (Å²) < 4.78 is 61.3. The summed E-state index contributed by atoms with van der Waals surface area (Å²) in [5, 5.41) is 24.5. The topological polar surface area (TPSA) is 103 Å². The summed E-state index contributed by atoms with van der Waals surface area (Å²) in [6.45, 7) is 0. The van der Waals surface area contributed by atoms with Crippen molar-refractivity contribution in [3.63, 3.8) is 0 Å². The number of hydrogen-bond donors (Lipinski definition) is 0. The molecule has 0 radical (unpaired) electrons. The number of nitro groups is 2. The Kier molecular flexibility index (Phi) is 8.37. The fourth-order valence-corrected chi connectivity index (χ4v) is 7.74. The molecule has 0 aliphatic carbocycles. The Balaban J connectivity index is 0.000000559. The zero-order valence-corrected chi connectivity index (χ0v) is 26.0. The van der Waals surface area contributed by atoms with Gasteiger partial charge in [0.2, 0.25) is 0 Å². The summed E-state index contributed by atoms with van der Waals surface area (Å²) in [7, 11) is -11.3. The normalized spacial score (nSPS) is 13.0. The average Bonchev–Trinajstić information content (AvgIpc) is 3.37. The molecular weight excluding hydrogens is 689 g/mol. The van der Waals surface area contributed by atoms with Gasteiger partial charge >= 0.3 is 33.0 Å². The molecule has 0 aliphatic rings. The smallest absolute Gasteiger partial charge is 0.269 e. The first-order valence-corrected chi connectivity index (χ1v) is 17.3. The average molecular weight is 709 g/mol. The standard InChI is InChI=1S/C31H19N2O5S2.F6P/c34-31(20-4-2-1-3-5-20)21-6-16-29-27(18-21)28-19-26(15-17-30(28)39-29)40(24-11-7-22(8-12-24)32(35)36)25-13-9-23(10-14-25)33(37)38;1-7(2,3,4,5)6/h1-19H;/q+1;-1. The van der Waals surface area contributed by atoms with Gasteiger partial charge in [-0.15, -0.1) is 11.3 Å². The number of nitro benzene ring substituents is 2. The molecule has 0 fully saturated rings. The van der Waals surface area contributed by atoms with Crippen molar-refractivity contribution in [1.29, 1.82) is 0 Å². The Morgan fingerprint density at radius 1 is 0.574 bits per heavy atom. The van der Waals surface area contributed by atoms with Crippen LogP contribution >= 0.6 is 19.1 Å². The Bertz CT molecular complexity index is 2090. The first kappa shape index (κ1) is 33.5. The number of non-ortho nitro benzene ring substituents is 2. The van der Waals surface area contributed by atoms with Crippen molar-refractivity contribution in [2.75, 3.05) is 0 Å². The number of carbonyl (C=O) groups excluding carboxylic acids is 1. The molecule has 0 spiro atoms. The van der Waals surface area contributed by atoms with Crippen LogP contribution < -0.4 is 0 Å². The third-order valence-corrected chi connectivity index (χ3v) is 9.91. The number of carbonyl (C=O) groups is 1. The Labute approximate surface area is 268 Å². The van der Waals surface area contributed by atoms with Crippen LogP contribution in [-0.4, -0.2) is 15.6 Å². The van der Waals surface area contributed by atoms with Gasteiger partial charge in [-0.1, -0.05) is 30.3 Å². The van der Waals surface area contributed by atoms with Crippen molar-refractivity contribution in [2.45, 2.75) is 14.7 Å². The molecule has 16 heteroatoms. The number of thiophene rings is 1. The van der Waals surface area contributed by atoms with Crippen LogP contribution in [0, 0.1) is 20.2 Å². The molecule has 0 N–H and O–H groups in total. The number of halogens is 6. The van der Waals surface area contributed by atoms with E-state index in [1.807, 2.05) is 48.5 Å². The summed E-state index contributed by atoms with van der Waals surface area (Å²) in [5.41, 5.74) is 1.21. The minimum atomic E-state index is -10.7. The predicted octanol–water partition coefficient (Wildman–Crippen LogP) is 11.6. The van der Waals surface area contributed by atoms with E-state index in [4.69, 9.17) is 0 Å². The van der Waals surface area contributed by atoms with Crippen LogP contribution in [0.1, 0.15) is 15.9 Å². The summed E-state index contributed by atoms with van der Waals surface area (Å²) >= 11 is 1.64. The zero-order chi connectivity index (χ0) is 34.2. The molecule has 0 aliphatic heterocycles. The van der Waals surface area contributed by atoms with Crippen molar-refractivity contribution >= 4 is 67.4 Å². The van der Waals surface area contributed by atoms with Crippen molar-refractivity contribution < 1.29 is 39.8 Å². The van der Waals surface area contributed by atoms with E-state index >= 15 is 0 Å². The number of fused-ring (bicyclic) bond motifs is 3.